The molecule has 9 heteroatoms. The number of sulfonamides is 1. The lowest BCUT2D eigenvalue weighted by atomic mass is 9.66. The maximum Gasteiger partial charge on any atom is 0.240 e. The zero-order chi connectivity index (χ0) is 26.8. The third-order valence-corrected chi connectivity index (χ3v) is 8.69. The summed E-state index contributed by atoms with van der Waals surface area (Å²) >= 11 is 0. The number of nitrogens with zero attached hydrogens (tertiary/aromatic N) is 1. The third kappa shape index (κ3) is 6.05. The Labute approximate surface area is 219 Å². The Morgan fingerprint density at radius 3 is 2.35 bits per heavy atom. The predicted octanol–water partition coefficient (Wildman–Crippen LogP) is 2.90. The van der Waals surface area contributed by atoms with Crippen molar-refractivity contribution in [3.63, 3.8) is 0 Å². The zero-order valence-corrected chi connectivity index (χ0v) is 22.6. The number of anilines is 1. The first kappa shape index (κ1) is 27.3. The predicted molar refractivity (Wildman–Crippen MR) is 144 cm³/mol. The summed E-state index contributed by atoms with van der Waals surface area (Å²) in [5, 5.41) is 2.82. The number of Topliss-reactive ketones (excluding diaryl/α,β-unsaturated/α-hetero) is 1. The molecule has 1 atom stereocenters. The number of benzene rings is 2. The quantitative estimate of drug-likeness (QED) is 0.518. The smallest absolute Gasteiger partial charge is 0.240 e. The van der Waals surface area contributed by atoms with Gasteiger partial charge < -0.3 is 15.8 Å². The summed E-state index contributed by atoms with van der Waals surface area (Å²) in [5.74, 6) is -0.724. The fraction of sp³-hybridized carbons (Fsp3) is 0.500. The van der Waals surface area contributed by atoms with Crippen LogP contribution < -0.4 is 15.4 Å². The summed E-state index contributed by atoms with van der Waals surface area (Å²) in [4.78, 5) is 26.3. The number of nitrogens with one attached hydrogen (secondary N) is 1. The molecule has 1 heterocycles. The number of hydrogen-bond donors (Lipinski definition) is 2. The molecule has 200 valence electrons. The van der Waals surface area contributed by atoms with Gasteiger partial charge in [-0.05, 0) is 56.7 Å². The summed E-state index contributed by atoms with van der Waals surface area (Å²) in [6.07, 6.45) is 3.85. The minimum absolute atomic E-state index is 0.0574. The van der Waals surface area contributed by atoms with E-state index in [0.717, 1.165) is 16.8 Å². The molecule has 8 nitrogen and oxygen atoms in total. The topological polar surface area (TPSA) is 119 Å². The molecule has 1 amide bonds. The van der Waals surface area contributed by atoms with Crippen molar-refractivity contribution in [3.05, 3.63) is 65.7 Å². The molecule has 1 saturated carbocycles. The summed E-state index contributed by atoms with van der Waals surface area (Å²) in [6, 6.07) is 16.5. The second-order valence-corrected chi connectivity index (χ2v) is 12.9. The molecule has 0 bridgehead atoms. The van der Waals surface area contributed by atoms with Crippen molar-refractivity contribution in [2.75, 3.05) is 23.7 Å². The van der Waals surface area contributed by atoms with Crippen LogP contribution in [-0.2, 0) is 36.4 Å². The van der Waals surface area contributed by atoms with Crippen LogP contribution in [0.1, 0.15) is 50.7 Å². The molecular formula is C28H37N3O5S. The Morgan fingerprint density at radius 2 is 1.73 bits per heavy atom. The average molecular weight is 528 g/mol. The normalized spacial score (nSPS) is 22.5. The molecule has 1 aliphatic heterocycles. The Kier molecular flexibility index (Phi) is 7.78. The van der Waals surface area contributed by atoms with Crippen LogP contribution in [0.2, 0.25) is 0 Å². The lowest BCUT2D eigenvalue weighted by molar-refractivity contribution is -0.134. The summed E-state index contributed by atoms with van der Waals surface area (Å²) < 4.78 is 32.3. The number of carbonyl (C=O) groups excluding carboxylic acids is 2. The van der Waals surface area contributed by atoms with Crippen LogP contribution >= 0.6 is 0 Å². The van der Waals surface area contributed by atoms with E-state index in [9.17, 15) is 18.0 Å². The van der Waals surface area contributed by atoms with Gasteiger partial charge in [0.05, 0.1) is 30.7 Å². The first-order chi connectivity index (χ1) is 17.4. The molecule has 0 radical (unpaired) electrons. The van der Waals surface area contributed by atoms with Crippen molar-refractivity contribution < 1.29 is 22.7 Å². The van der Waals surface area contributed by atoms with E-state index in [1.165, 1.54) is 10.6 Å². The van der Waals surface area contributed by atoms with Crippen molar-refractivity contribution in [2.45, 2.75) is 63.1 Å². The zero-order valence-electron chi connectivity index (χ0n) is 21.8. The Morgan fingerprint density at radius 1 is 1.11 bits per heavy atom. The van der Waals surface area contributed by atoms with Crippen molar-refractivity contribution in [1.29, 1.82) is 0 Å². The molecule has 0 saturated heterocycles. The van der Waals surface area contributed by atoms with Crippen molar-refractivity contribution >= 4 is 27.4 Å². The largest absolute Gasteiger partial charge is 0.374 e. The highest BCUT2D eigenvalue weighted by Crippen LogP contribution is 2.51. The number of fused-ring (bicyclic) bond motifs is 2. The molecule has 4 rings (SSSR count). The molecule has 0 aromatic heterocycles. The fourth-order valence-electron chi connectivity index (χ4n) is 5.46. The van der Waals surface area contributed by atoms with E-state index in [-0.39, 0.29) is 23.7 Å². The summed E-state index contributed by atoms with van der Waals surface area (Å²) in [5.41, 5.74) is 7.30. The maximum atomic E-state index is 13.6. The Bertz CT molecular complexity index is 1230. The number of rotatable bonds is 9. The van der Waals surface area contributed by atoms with E-state index >= 15 is 0 Å². The van der Waals surface area contributed by atoms with Crippen LogP contribution in [0.3, 0.4) is 0 Å². The van der Waals surface area contributed by atoms with Gasteiger partial charge in [0.1, 0.15) is 6.04 Å². The van der Waals surface area contributed by atoms with Gasteiger partial charge in [-0.2, -0.15) is 0 Å². The first-order valence-electron chi connectivity index (χ1n) is 12.7. The molecule has 1 spiro atoms. The van der Waals surface area contributed by atoms with Gasteiger partial charge in [-0.1, -0.05) is 48.5 Å². The van der Waals surface area contributed by atoms with E-state index < -0.39 is 27.5 Å². The van der Waals surface area contributed by atoms with Crippen LogP contribution in [0.25, 0.3) is 0 Å². The van der Waals surface area contributed by atoms with Gasteiger partial charge in [-0.15, -0.1) is 0 Å². The van der Waals surface area contributed by atoms with Crippen LogP contribution in [0, 0.1) is 5.92 Å². The highest BCUT2D eigenvalue weighted by atomic mass is 32.2. The highest BCUT2D eigenvalue weighted by Gasteiger charge is 2.48. The van der Waals surface area contributed by atoms with Gasteiger partial charge in [-0.25, -0.2) is 8.42 Å². The number of nitrogens with two attached hydrogens (primary N) is 1. The molecule has 1 aliphatic carbocycles. The molecule has 1 fully saturated rings. The van der Waals surface area contributed by atoms with E-state index in [4.69, 9.17) is 10.5 Å². The fourth-order valence-corrected chi connectivity index (χ4v) is 6.45. The molecule has 2 aromatic rings. The summed E-state index contributed by atoms with van der Waals surface area (Å²) in [7, 11) is -3.40. The van der Waals surface area contributed by atoms with Gasteiger partial charge in [0, 0.05) is 17.9 Å². The molecule has 3 N–H and O–H groups in total. The van der Waals surface area contributed by atoms with E-state index in [0.29, 0.717) is 38.8 Å². The van der Waals surface area contributed by atoms with Gasteiger partial charge >= 0.3 is 0 Å². The minimum Gasteiger partial charge on any atom is -0.374 e. The lowest BCUT2D eigenvalue weighted by Crippen LogP contribution is -2.56. The van der Waals surface area contributed by atoms with E-state index in [1.807, 2.05) is 54.6 Å². The Hall–Kier alpha value is -2.75. The second-order valence-electron chi connectivity index (χ2n) is 11.0. The Balaban J connectivity index is 1.46. The van der Waals surface area contributed by atoms with Crippen LogP contribution in [0.5, 0.6) is 0 Å². The first-order valence-corrected chi connectivity index (χ1v) is 14.6. The van der Waals surface area contributed by atoms with Gasteiger partial charge in [0.2, 0.25) is 15.9 Å². The molecule has 2 aliphatic rings. The van der Waals surface area contributed by atoms with Crippen LogP contribution in [-0.4, -0.2) is 51.1 Å². The van der Waals surface area contributed by atoms with Gasteiger partial charge in [0.25, 0.3) is 0 Å². The number of carbonyl (C=O) groups is 2. The lowest BCUT2D eigenvalue weighted by Gasteiger charge is -2.38. The average Bonchev–Trinajstić information content (AvgIpc) is 3.18. The monoisotopic (exact) mass is 527 g/mol. The number of para-hydroxylation sites is 1. The standard InChI is InChI=1S/C28H37N3O5S/c1-27(2,29)26(33)30-23(18-36-17-20-9-5-4-6-10-20)25(32)21-13-15-28(16-14-21)19-31(37(3,34)35)24-12-8-7-11-22(24)28/h4-12,21,23H,13-19,29H2,1-3H3,(H,30,33)/t21?,23-,28?/m1/s1. The van der Waals surface area contributed by atoms with E-state index in [2.05, 4.69) is 5.32 Å². The van der Waals surface area contributed by atoms with Crippen molar-refractivity contribution in [2.24, 2.45) is 11.7 Å². The van der Waals surface area contributed by atoms with Crippen LogP contribution in [0.15, 0.2) is 54.6 Å². The van der Waals surface area contributed by atoms with Crippen molar-refractivity contribution in [3.8, 4) is 0 Å². The van der Waals surface area contributed by atoms with E-state index in [1.54, 1.807) is 13.8 Å². The minimum atomic E-state index is -3.40. The number of hydrogen-bond acceptors (Lipinski definition) is 6. The molecule has 0 unspecified atom stereocenters. The molecule has 37 heavy (non-hydrogen) atoms. The number of ketones is 1. The molecular weight excluding hydrogens is 490 g/mol. The number of ether oxygens (including phenoxy) is 1. The number of amides is 1. The SMILES string of the molecule is CC(C)(N)C(=O)N[C@H](COCc1ccccc1)C(=O)C1CCC2(CC1)CN(S(C)(=O)=O)c1ccccc12. The van der Waals surface area contributed by atoms with Crippen LogP contribution in [0.4, 0.5) is 5.69 Å². The highest BCUT2D eigenvalue weighted by molar-refractivity contribution is 7.92. The van der Waals surface area contributed by atoms with Gasteiger partial charge in [0.15, 0.2) is 5.78 Å². The van der Waals surface area contributed by atoms with Crippen molar-refractivity contribution in [1.82, 2.24) is 5.32 Å². The third-order valence-electron chi connectivity index (χ3n) is 7.57. The summed E-state index contributed by atoms with van der Waals surface area (Å²) in [6.45, 7) is 3.99. The second kappa shape index (κ2) is 10.6. The maximum absolute atomic E-state index is 13.6. The van der Waals surface area contributed by atoms with Gasteiger partial charge in [-0.3, -0.25) is 13.9 Å². The molecule has 2 aromatic carbocycles.